The quantitative estimate of drug-likeness (QED) is 0.368. The maximum Gasteiger partial charge on any atom is 0.339 e. The number of sulfonamides is 1. The second kappa shape index (κ2) is 9.50. The van der Waals surface area contributed by atoms with Crippen molar-refractivity contribution < 1.29 is 27.2 Å². The zero-order valence-corrected chi connectivity index (χ0v) is 19.8. The summed E-state index contributed by atoms with van der Waals surface area (Å²) in [5, 5.41) is 2.58. The molecule has 1 unspecified atom stereocenters. The first kappa shape index (κ1) is 23.8. The second-order valence-electron chi connectivity index (χ2n) is 7.68. The number of carbonyl (C=O) groups excluding carboxylic acids is 2. The van der Waals surface area contributed by atoms with E-state index in [9.17, 15) is 18.0 Å². The molecule has 35 heavy (non-hydrogen) atoms. The molecule has 4 rings (SSSR count). The smallest absolute Gasteiger partial charge is 0.339 e. The van der Waals surface area contributed by atoms with Gasteiger partial charge in [-0.05, 0) is 69.3 Å². The molecule has 2 aromatic carbocycles. The van der Waals surface area contributed by atoms with Crippen molar-refractivity contribution in [1.29, 1.82) is 0 Å². The first-order chi connectivity index (χ1) is 16.6. The zero-order valence-electron chi connectivity index (χ0n) is 19.0. The van der Waals surface area contributed by atoms with E-state index in [0.29, 0.717) is 28.2 Å². The molecule has 0 saturated carbocycles. The highest BCUT2D eigenvalue weighted by Crippen LogP contribution is 2.18. The highest BCUT2D eigenvalue weighted by Gasteiger charge is 2.21. The zero-order chi connectivity index (χ0) is 25.2. The van der Waals surface area contributed by atoms with Crippen LogP contribution >= 0.6 is 0 Å². The number of esters is 1. The molecule has 0 aliphatic rings. The standard InChI is InChI=1S/C23H21N5O6S/c1-13-10-14(2)26-23(25-13)28-35(31,32)18-7-5-17(6-8-18)27-21(29)15(3)34-22(30)16-4-9-19-20(11-16)33-12-24-19/h4-12,15H,1-3H3,(H,27,29)(H,25,26,28). The molecule has 0 saturated heterocycles. The number of aryl methyl sites for hydroxylation is 2. The Morgan fingerprint density at radius 2 is 1.69 bits per heavy atom. The van der Waals surface area contributed by atoms with Gasteiger partial charge >= 0.3 is 5.97 Å². The molecule has 0 aliphatic heterocycles. The number of aromatic nitrogens is 3. The average Bonchev–Trinajstić information content (AvgIpc) is 3.26. The van der Waals surface area contributed by atoms with Gasteiger partial charge in [0, 0.05) is 17.1 Å². The summed E-state index contributed by atoms with van der Waals surface area (Å²) < 4.78 is 38.0. The van der Waals surface area contributed by atoms with Crippen molar-refractivity contribution in [3.05, 3.63) is 71.9 Å². The molecule has 180 valence electrons. The Labute approximate surface area is 200 Å². The van der Waals surface area contributed by atoms with E-state index in [1.54, 1.807) is 26.0 Å². The van der Waals surface area contributed by atoms with Gasteiger partial charge in [0.15, 0.2) is 18.1 Å². The molecule has 2 aromatic heterocycles. The Hall–Kier alpha value is -4.32. The Balaban J connectivity index is 1.38. The van der Waals surface area contributed by atoms with Gasteiger partial charge in [-0.2, -0.15) is 0 Å². The minimum atomic E-state index is -3.94. The topological polar surface area (TPSA) is 153 Å². The second-order valence-corrected chi connectivity index (χ2v) is 9.36. The Bertz CT molecular complexity index is 1490. The number of ether oxygens (including phenoxy) is 1. The van der Waals surface area contributed by atoms with Crippen LogP contribution in [0.25, 0.3) is 11.1 Å². The lowest BCUT2D eigenvalue weighted by Gasteiger charge is -2.14. The lowest BCUT2D eigenvalue weighted by atomic mass is 10.2. The van der Waals surface area contributed by atoms with Gasteiger partial charge in [-0.3, -0.25) is 4.79 Å². The van der Waals surface area contributed by atoms with E-state index < -0.39 is 28.0 Å². The Morgan fingerprint density at radius 1 is 1.00 bits per heavy atom. The van der Waals surface area contributed by atoms with Crippen LogP contribution in [0.15, 0.2) is 64.2 Å². The van der Waals surface area contributed by atoms with Crippen LogP contribution in [0, 0.1) is 13.8 Å². The number of benzene rings is 2. The summed E-state index contributed by atoms with van der Waals surface area (Å²) in [5.74, 6) is -1.32. The summed E-state index contributed by atoms with van der Waals surface area (Å²) in [4.78, 5) is 36.9. The largest absolute Gasteiger partial charge is 0.449 e. The third-order valence-electron chi connectivity index (χ3n) is 4.86. The first-order valence-corrected chi connectivity index (χ1v) is 11.9. The summed E-state index contributed by atoms with van der Waals surface area (Å²) in [6.07, 6.45) is 0.152. The number of anilines is 2. The summed E-state index contributed by atoms with van der Waals surface area (Å²) in [5.41, 5.74) is 2.80. The van der Waals surface area contributed by atoms with E-state index >= 15 is 0 Å². The molecule has 0 bridgehead atoms. The minimum absolute atomic E-state index is 0.0296. The Morgan fingerprint density at radius 3 is 2.37 bits per heavy atom. The van der Waals surface area contributed by atoms with E-state index in [1.165, 1.54) is 49.7 Å². The van der Waals surface area contributed by atoms with E-state index in [1.807, 2.05) is 0 Å². The molecule has 0 spiro atoms. The van der Waals surface area contributed by atoms with E-state index in [2.05, 4.69) is 25.0 Å². The monoisotopic (exact) mass is 495 g/mol. The number of fused-ring (bicyclic) bond motifs is 1. The van der Waals surface area contributed by atoms with Crippen molar-refractivity contribution >= 4 is 44.6 Å². The number of nitrogens with one attached hydrogen (secondary N) is 2. The molecule has 11 nitrogen and oxygen atoms in total. The fourth-order valence-corrected chi connectivity index (χ4v) is 4.12. The Kier molecular flexibility index (Phi) is 6.47. The molecule has 0 aliphatic carbocycles. The molecule has 12 heteroatoms. The van der Waals surface area contributed by atoms with Gasteiger partial charge in [-0.25, -0.2) is 32.9 Å². The van der Waals surface area contributed by atoms with Gasteiger partial charge in [0.05, 0.1) is 10.5 Å². The predicted octanol–water partition coefficient (Wildman–Crippen LogP) is 3.22. The van der Waals surface area contributed by atoms with Crippen molar-refractivity contribution in [2.24, 2.45) is 0 Å². The molecule has 4 aromatic rings. The van der Waals surface area contributed by atoms with Crippen molar-refractivity contribution in [1.82, 2.24) is 15.0 Å². The third-order valence-corrected chi connectivity index (χ3v) is 6.20. The summed E-state index contributed by atoms with van der Waals surface area (Å²) in [6.45, 7) is 4.89. The average molecular weight is 496 g/mol. The number of hydrogen-bond acceptors (Lipinski definition) is 9. The molecule has 0 radical (unpaired) electrons. The molecule has 2 N–H and O–H groups in total. The number of amides is 1. The van der Waals surface area contributed by atoms with Crippen LogP contribution in [0.1, 0.15) is 28.7 Å². The van der Waals surface area contributed by atoms with Gasteiger partial charge in [0.1, 0.15) is 5.52 Å². The summed E-state index contributed by atoms with van der Waals surface area (Å²) in [7, 11) is -3.94. The number of hydrogen-bond donors (Lipinski definition) is 2. The van der Waals surface area contributed by atoms with Crippen LogP contribution < -0.4 is 10.0 Å². The highest BCUT2D eigenvalue weighted by atomic mass is 32.2. The van der Waals surface area contributed by atoms with Crippen LogP contribution in [0.5, 0.6) is 0 Å². The van der Waals surface area contributed by atoms with Crippen molar-refractivity contribution in [2.45, 2.75) is 31.8 Å². The van der Waals surface area contributed by atoms with Gasteiger partial charge in [-0.1, -0.05) is 0 Å². The maximum atomic E-state index is 12.6. The molecule has 0 fully saturated rings. The van der Waals surface area contributed by atoms with Crippen molar-refractivity contribution in [2.75, 3.05) is 10.0 Å². The van der Waals surface area contributed by atoms with Crippen LogP contribution in [-0.4, -0.2) is 41.4 Å². The lowest BCUT2D eigenvalue weighted by molar-refractivity contribution is -0.123. The van der Waals surface area contributed by atoms with Gasteiger partial charge in [-0.15, -0.1) is 0 Å². The van der Waals surface area contributed by atoms with Gasteiger partial charge < -0.3 is 14.5 Å². The van der Waals surface area contributed by atoms with E-state index in [0.717, 1.165) is 0 Å². The SMILES string of the molecule is Cc1cc(C)nc(NS(=O)(=O)c2ccc(NC(=O)C(C)OC(=O)c3ccc4ncoc4c3)cc2)n1. The molecular formula is C23H21N5O6S. The summed E-state index contributed by atoms with van der Waals surface area (Å²) >= 11 is 0. The number of nitrogens with zero attached hydrogens (tertiary/aromatic N) is 3. The molecule has 2 heterocycles. The number of carbonyl (C=O) groups is 2. The lowest BCUT2D eigenvalue weighted by Crippen LogP contribution is -2.30. The number of rotatable bonds is 7. The van der Waals surface area contributed by atoms with Gasteiger partial charge in [0.25, 0.3) is 15.9 Å². The normalized spacial score (nSPS) is 12.2. The molecular weight excluding hydrogens is 474 g/mol. The predicted molar refractivity (Wildman–Crippen MR) is 126 cm³/mol. The molecule has 1 amide bonds. The highest BCUT2D eigenvalue weighted by molar-refractivity contribution is 7.92. The van der Waals surface area contributed by atoms with Crippen molar-refractivity contribution in [3.8, 4) is 0 Å². The first-order valence-electron chi connectivity index (χ1n) is 10.4. The van der Waals surface area contributed by atoms with E-state index in [-0.39, 0.29) is 16.4 Å². The molecule has 1 atom stereocenters. The fraction of sp³-hybridized carbons (Fsp3) is 0.174. The van der Waals surface area contributed by atoms with Crippen LogP contribution in [0.3, 0.4) is 0 Å². The van der Waals surface area contributed by atoms with Crippen LogP contribution in [0.2, 0.25) is 0 Å². The fourth-order valence-electron chi connectivity index (χ4n) is 3.18. The van der Waals surface area contributed by atoms with Crippen LogP contribution in [0.4, 0.5) is 11.6 Å². The maximum absolute atomic E-state index is 12.6. The number of oxazole rings is 1. The van der Waals surface area contributed by atoms with E-state index in [4.69, 9.17) is 9.15 Å². The van der Waals surface area contributed by atoms with Crippen molar-refractivity contribution in [3.63, 3.8) is 0 Å². The van der Waals surface area contributed by atoms with Crippen LogP contribution in [-0.2, 0) is 19.6 Å². The van der Waals surface area contributed by atoms with Gasteiger partial charge in [0.2, 0.25) is 5.95 Å². The third kappa shape index (κ3) is 5.61. The summed E-state index contributed by atoms with van der Waals surface area (Å²) in [6, 6.07) is 11.8. The minimum Gasteiger partial charge on any atom is -0.449 e.